The van der Waals surface area contributed by atoms with Crippen molar-refractivity contribution in [3.8, 4) is 5.75 Å². The van der Waals surface area contributed by atoms with Crippen LogP contribution in [0.3, 0.4) is 0 Å². The highest BCUT2D eigenvalue weighted by atomic mass is 16.5. The maximum atomic E-state index is 5.89. The molecule has 0 N–H and O–H groups in total. The van der Waals surface area contributed by atoms with Gasteiger partial charge in [0.05, 0.1) is 6.10 Å². The van der Waals surface area contributed by atoms with E-state index in [1.54, 1.807) is 0 Å². The Morgan fingerprint density at radius 3 is 3.14 bits per heavy atom. The number of rotatable bonds is 3. The first kappa shape index (κ1) is 9.32. The second-order valence-electron chi connectivity index (χ2n) is 3.75. The van der Waals surface area contributed by atoms with Gasteiger partial charge in [0.25, 0.3) is 0 Å². The van der Waals surface area contributed by atoms with Gasteiger partial charge in [0.1, 0.15) is 5.75 Å². The molecular weight excluding hydrogens is 172 g/mol. The lowest BCUT2D eigenvalue weighted by atomic mass is 10.00. The molecule has 1 atom stereocenters. The van der Waals surface area contributed by atoms with Crippen molar-refractivity contribution < 1.29 is 4.74 Å². The zero-order valence-corrected chi connectivity index (χ0v) is 8.41. The van der Waals surface area contributed by atoms with Gasteiger partial charge in [-0.3, -0.25) is 0 Å². The molecule has 1 heterocycles. The first-order chi connectivity index (χ1) is 6.90. The lowest BCUT2D eigenvalue weighted by molar-refractivity contribution is 0.165. The van der Waals surface area contributed by atoms with Gasteiger partial charge in [0.2, 0.25) is 0 Å². The monoisotopic (exact) mass is 188 g/mol. The van der Waals surface area contributed by atoms with E-state index in [1.807, 2.05) is 12.1 Å². The first-order valence-electron chi connectivity index (χ1n) is 5.25. The van der Waals surface area contributed by atoms with E-state index in [2.05, 4.69) is 24.8 Å². The second kappa shape index (κ2) is 4.32. The minimum absolute atomic E-state index is 0.392. The molecule has 1 nitrogen and oxygen atoms in total. The quantitative estimate of drug-likeness (QED) is 0.661. The molecule has 2 rings (SSSR count). The molecule has 1 heteroatoms. The topological polar surface area (TPSA) is 9.23 Å². The Labute approximate surface area is 85.4 Å². The van der Waals surface area contributed by atoms with Crippen molar-refractivity contribution >= 4 is 0 Å². The molecule has 1 aromatic carbocycles. The van der Waals surface area contributed by atoms with Crippen molar-refractivity contribution in [2.24, 2.45) is 0 Å². The molecule has 0 fully saturated rings. The Balaban J connectivity index is 2.02. The van der Waals surface area contributed by atoms with Gasteiger partial charge < -0.3 is 4.74 Å². The largest absolute Gasteiger partial charge is 0.490 e. The van der Waals surface area contributed by atoms with Gasteiger partial charge in [-0.05, 0) is 37.3 Å². The van der Waals surface area contributed by atoms with Gasteiger partial charge in [0, 0.05) is 0 Å². The van der Waals surface area contributed by atoms with Crippen molar-refractivity contribution in [1.82, 2.24) is 0 Å². The molecule has 14 heavy (non-hydrogen) atoms. The summed E-state index contributed by atoms with van der Waals surface area (Å²) in [6.45, 7) is 3.73. The first-order valence-corrected chi connectivity index (χ1v) is 5.25. The lowest BCUT2D eigenvalue weighted by Crippen LogP contribution is -2.22. The molecule has 74 valence electrons. The minimum atomic E-state index is 0.392. The standard InChI is InChI=1S/C13H16O/c1-2-3-7-12-10-9-11-6-4-5-8-13(11)14-12/h2,4-6,8,12H,1,3,7,9-10H2. The van der Waals surface area contributed by atoms with Gasteiger partial charge >= 0.3 is 0 Å². The maximum absolute atomic E-state index is 5.89. The van der Waals surface area contributed by atoms with Gasteiger partial charge in [-0.2, -0.15) is 0 Å². The average molecular weight is 188 g/mol. The summed E-state index contributed by atoms with van der Waals surface area (Å²) >= 11 is 0. The van der Waals surface area contributed by atoms with E-state index in [0.717, 1.165) is 31.4 Å². The van der Waals surface area contributed by atoms with Gasteiger partial charge in [-0.15, -0.1) is 6.58 Å². The zero-order chi connectivity index (χ0) is 9.80. The third-order valence-corrected chi connectivity index (χ3v) is 2.69. The normalized spacial score (nSPS) is 19.6. The molecule has 0 saturated carbocycles. The molecule has 1 aliphatic rings. The number of fused-ring (bicyclic) bond motifs is 1. The van der Waals surface area contributed by atoms with Crippen LogP contribution in [0.25, 0.3) is 0 Å². The van der Waals surface area contributed by atoms with Crippen LogP contribution in [0.15, 0.2) is 36.9 Å². The fourth-order valence-electron chi connectivity index (χ4n) is 1.89. The fraction of sp³-hybridized carbons (Fsp3) is 0.385. The molecule has 0 radical (unpaired) electrons. The van der Waals surface area contributed by atoms with Crippen LogP contribution in [0.2, 0.25) is 0 Å². The molecule has 1 aromatic rings. The zero-order valence-electron chi connectivity index (χ0n) is 8.41. The van der Waals surface area contributed by atoms with Crippen LogP contribution in [0.4, 0.5) is 0 Å². The second-order valence-corrected chi connectivity index (χ2v) is 3.75. The summed E-state index contributed by atoms with van der Waals surface area (Å²) in [6, 6.07) is 8.33. The summed E-state index contributed by atoms with van der Waals surface area (Å²) < 4.78 is 5.89. The Hall–Kier alpha value is -1.24. The molecular formula is C13H16O. The summed E-state index contributed by atoms with van der Waals surface area (Å²) in [5.74, 6) is 1.08. The maximum Gasteiger partial charge on any atom is 0.122 e. The molecule has 0 spiro atoms. The smallest absolute Gasteiger partial charge is 0.122 e. The third-order valence-electron chi connectivity index (χ3n) is 2.69. The highest BCUT2D eigenvalue weighted by Crippen LogP contribution is 2.28. The van der Waals surface area contributed by atoms with Crippen LogP contribution >= 0.6 is 0 Å². The van der Waals surface area contributed by atoms with Crippen molar-refractivity contribution in [2.45, 2.75) is 31.8 Å². The van der Waals surface area contributed by atoms with Crippen LogP contribution in [0, 0.1) is 0 Å². The molecule has 0 saturated heterocycles. The number of hydrogen-bond acceptors (Lipinski definition) is 1. The van der Waals surface area contributed by atoms with Crippen LogP contribution < -0.4 is 4.74 Å². The van der Waals surface area contributed by atoms with Crippen LogP contribution in [0.1, 0.15) is 24.8 Å². The van der Waals surface area contributed by atoms with Crippen molar-refractivity contribution in [3.63, 3.8) is 0 Å². The van der Waals surface area contributed by atoms with Crippen LogP contribution in [0.5, 0.6) is 5.75 Å². The van der Waals surface area contributed by atoms with Crippen molar-refractivity contribution in [2.75, 3.05) is 0 Å². The van der Waals surface area contributed by atoms with Gasteiger partial charge in [-0.1, -0.05) is 24.3 Å². The van der Waals surface area contributed by atoms with E-state index < -0.39 is 0 Å². The van der Waals surface area contributed by atoms with Crippen molar-refractivity contribution in [1.29, 1.82) is 0 Å². The number of benzene rings is 1. The van der Waals surface area contributed by atoms with E-state index in [0.29, 0.717) is 6.10 Å². The molecule has 0 aromatic heterocycles. The molecule has 0 bridgehead atoms. The SMILES string of the molecule is C=CCCC1CCc2ccccc2O1. The number of hydrogen-bond donors (Lipinski definition) is 0. The van der Waals surface area contributed by atoms with Crippen LogP contribution in [-0.4, -0.2) is 6.10 Å². The predicted molar refractivity (Wildman–Crippen MR) is 58.6 cm³/mol. The summed E-state index contributed by atoms with van der Waals surface area (Å²) in [5, 5.41) is 0. The highest BCUT2D eigenvalue weighted by molar-refractivity contribution is 5.35. The minimum Gasteiger partial charge on any atom is -0.490 e. The van der Waals surface area contributed by atoms with Crippen LogP contribution in [-0.2, 0) is 6.42 Å². The molecule has 1 aliphatic heterocycles. The number of para-hydroxylation sites is 1. The Morgan fingerprint density at radius 1 is 1.43 bits per heavy atom. The van der Waals surface area contributed by atoms with Gasteiger partial charge in [0.15, 0.2) is 0 Å². The Kier molecular flexibility index (Phi) is 2.87. The van der Waals surface area contributed by atoms with E-state index >= 15 is 0 Å². The third kappa shape index (κ3) is 1.98. The highest BCUT2D eigenvalue weighted by Gasteiger charge is 2.17. The fourth-order valence-corrected chi connectivity index (χ4v) is 1.89. The van der Waals surface area contributed by atoms with Gasteiger partial charge in [-0.25, -0.2) is 0 Å². The Morgan fingerprint density at radius 2 is 2.29 bits per heavy atom. The van der Waals surface area contributed by atoms with E-state index in [9.17, 15) is 0 Å². The molecule has 0 amide bonds. The predicted octanol–water partition coefficient (Wildman–Crippen LogP) is 3.35. The Bertz CT molecular complexity index is 317. The number of aryl methyl sites for hydroxylation is 1. The summed E-state index contributed by atoms with van der Waals surface area (Å²) in [6.07, 6.45) is 6.79. The lowest BCUT2D eigenvalue weighted by Gasteiger charge is -2.25. The summed E-state index contributed by atoms with van der Waals surface area (Å²) in [4.78, 5) is 0. The van der Waals surface area contributed by atoms with E-state index in [-0.39, 0.29) is 0 Å². The summed E-state index contributed by atoms with van der Waals surface area (Å²) in [7, 11) is 0. The summed E-state index contributed by atoms with van der Waals surface area (Å²) in [5.41, 5.74) is 1.35. The average Bonchev–Trinajstić information content (AvgIpc) is 2.26. The van der Waals surface area contributed by atoms with E-state index in [1.165, 1.54) is 5.56 Å². The van der Waals surface area contributed by atoms with Crippen molar-refractivity contribution in [3.05, 3.63) is 42.5 Å². The molecule has 0 aliphatic carbocycles. The van der Waals surface area contributed by atoms with E-state index in [4.69, 9.17) is 4.74 Å². The number of allylic oxidation sites excluding steroid dienone is 1. The number of ether oxygens (including phenoxy) is 1. The molecule has 1 unspecified atom stereocenters.